The Balaban J connectivity index is 4.03. The Morgan fingerprint density at radius 1 is 0.510 bits per heavy atom. The van der Waals surface area contributed by atoms with E-state index in [1.54, 1.807) is 0 Å². The van der Waals surface area contributed by atoms with Crippen LogP contribution in [0.25, 0.3) is 0 Å². The molecule has 0 bridgehead atoms. The smallest absolute Gasteiger partial charge is 0.307 e. The second-order valence-corrected chi connectivity index (χ2v) is 14.0. The van der Waals surface area contributed by atoms with Crippen LogP contribution in [0.4, 0.5) is 0 Å². The number of unbranched alkanes of at least 4 members (excludes halogenated alkanes) is 17. The number of carbonyl (C=O) groups is 2. The highest BCUT2D eigenvalue weighted by Gasteiger charge is 2.16. The number of ether oxygens (including phenoxy) is 2. The van der Waals surface area contributed by atoms with Crippen LogP contribution in [0.5, 0.6) is 0 Å². The number of rotatable bonds is 36. The minimum absolute atomic E-state index is 0.128. The van der Waals surface area contributed by atoms with Crippen LogP contribution in [0.15, 0.2) is 48.6 Å². The van der Waals surface area contributed by atoms with Crippen molar-refractivity contribution in [3.8, 4) is 0 Å². The van der Waals surface area contributed by atoms with Crippen molar-refractivity contribution in [3.05, 3.63) is 48.6 Å². The molecule has 0 spiro atoms. The quantitative estimate of drug-likeness (QED) is 0.0373. The number of hydrogen-bond acceptors (Lipinski definition) is 5. The molecule has 0 radical (unpaired) electrons. The summed E-state index contributed by atoms with van der Waals surface area (Å²) in [6, 6.07) is 0. The van der Waals surface area contributed by atoms with Crippen molar-refractivity contribution in [2.45, 2.75) is 193 Å². The van der Waals surface area contributed by atoms with Crippen molar-refractivity contribution in [2.24, 2.45) is 0 Å². The van der Waals surface area contributed by atoms with Crippen molar-refractivity contribution in [3.63, 3.8) is 0 Å². The Morgan fingerprint density at radius 3 is 1.45 bits per heavy atom. The van der Waals surface area contributed by atoms with Crippen LogP contribution in [0, 0.1) is 0 Å². The molecule has 0 aliphatic rings. The fraction of sp³-hybridized carbons (Fsp3) is 0.773. The summed E-state index contributed by atoms with van der Waals surface area (Å²) in [7, 11) is 3.92. The lowest BCUT2D eigenvalue weighted by Crippen LogP contribution is -2.24. The van der Waals surface area contributed by atoms with Gasteiger partial charge < -0.3 is 14.4 Å². The molecule has 0 saturated heterocycles. The molecule has 1 atom stereocenters. The van der Waals surface area contributed by atoms with E-state index in [-0.39, 0.29) is 18.0 Å². The minimum Gasteiger partial charge on any atom is -0.466 e. The molecule has 284 valence electrons. The molecule has 0 rings (SSSR count). The molecule has 0 heterocycles. The van der Waals surface area contributed by atoms with Crippen LogP contribution >= 0.6 is 0 Å². The van der Waals surface area contributed by atoms with Gasteiger partial charge in [-0.25, -0.2) is 0 Å². The number of esters is 2. The third kappa shape index (κ3) is 38.5. The lowest BCUT2D eigenvalue weighted by atomic mass is 10.0. The first-order valence-corrected chi connectivity index (χ1v) is 20.6. The lowest BCUT2D eigenvalue weighted by Gasteiger charge is -2.19. The Hall–Kier alpha value is -2.14. The fourth-order valence-corrected chi connectivity index (χ4v) is 5.64. The first-order valence-electron chi connectivity index (χ1n) is 20.6. The maximum absolute atomic E-state index is 12.4. The van der Waals surface area contributed by atoms with Crippen molar-refractivity contribution in [2.75, 3.05) is 27.2 Å². The summed E-state index contributed by atoms with van der Waals surface area (Å²) < 4.78 is 11.4. The summed E-state index contributed by atoms with van der Waals surface area (Å²) in [5.41, 5.74) is 0. The second kappa shape index (κ2) is 38.7. The van der Waals surface area contributed by atoms with Gasteiger partial charge in [-0.15, -0.1) is 0 Å². The Morgan fingerprint density at radius 2 is 0.959 bits per heavy atom. The summed E-state index contributed by atoms with van der Waals surface area (Å²) in [5.74, 6) is -0.285. The van der Waals surface area contributed by atoms with Gasteiger partial charge in [-0.1, -0.05) is 133 Å². The van der Waals surface area contributed by atoms with E-state index in [0.29, 0.717) is 32.4 Å². The molecular formula is C44H79NO4. The molecule has 0 amide bonds. The average Bonchev–Trinajstić information content (AvgIpc) is 3.08. The van der Waals surface area contributed by atoms with Crippen LogP contribution in [-0.4, -0.2) is 50.2 Å². The Labute approximate surface area is 304 Å². The molecule has 0 aromatic rings. The van der Waals surface area contributed by atoms with E-state index in [1.807, 2.05) is 19.0 Å². The van der Waals surface area contributed by atoms with Crippen LogP contribution in [0.3, 0.4) is 0 Å². The molecule has 0 aromatic heterocycles. The van der Waals surface area contributed by atoms with Gasteiger partial charge in [0.2, 0.25) is 0 Å². The van der Waals surface area contributed by atoms with Gasteiger partial charge in [0, 0.05) is 19.4 Å². The maximum atomic E-state index is 12.4. The molecule has 0 aliphatic heterocycles. The normalized spacial score (nSPS) is 12.8. The van der Waals surface area contributed by atoms with Crippen LogP contribution < -0.4 is 0 Å². The van der Waals surface area contributed by atoms with Crippen molar-refractivity contribution in [1.82, 2.24) is 4.90 Å². The SMILES string of the molecule is CCCCCC=CCC=CCCCCCCCC(=O)OCCC(CCCCCCCC/C=C\C/C=C\CCCCC)OC(=O)CCN(C)C. The summed E-state index contributed by atoms with van der Waals surface area (Å²) in [5, 5.41) is 0. The molecule has 0 N–H and O–H groups in total. The van der Waals surface area contributed by atoms with Gasteiger partial charge in [0.1, 0.15) is 6.10 Å². The first-order chi connectivity index (χ1) is 24.0. The Kier molecular flexibility index (Phi) is 37.0. The molecule has 49 heavy (non-hydrogen) atoms. The van der Waals surface area contributed by atoms with Gasteiger partial charge in [0.05, 0.1) is 13.0 Å². The number of carbonyl (C=O) groups excluding carboxylic acids is 2. The molecule has 5 heteroatoms. The molecule has 5 nitrogen and oxygen atoms in total. The number of allylic oxidation sites excluding steroid dienone is 8. The number of nitrogens with zero attached hydrogens (tertiary/aromatic N) is 1. The van der Waals surface area contributed by atoms with E-state index in [0.717, 1.165) is 57.8 Å². The van der Waals surface area contributed by atoms with E-state index in [9.17, 15) is 9.59 Å². The van der Waals surface area contributed by atoms with Crippen molar-refractivity contribution in [1.29, 1.82) is 0 Å². The Bertz CT molecular complexity index is 844. The monoisotopic (exact) mass is 686 g/mol. The van der Waals surface area contributed by atoms with Gasteiger partial charge >= 0.3 is 11.9 Å². The van der Waals surface area contributed by atoms with Gasteiger partial charge in [0.15, 0.2) is 0 Å². The third-order valence-corrected chi connectivity index (χ3v) is 8.82. The van der Waals surface area contributed by atoms with Crippen LogP contribution in [-0.2, 0) is 19.1 Å². The van der Waals surface area contributed by atoms with Gasteiger partial charge in [-0.3, -0.25) is 9.59 Å². The summed E-state index contributed by atoms with van der Waals surface area (Å²) in [4.78, 5) is 26.7. The topological polar surface area (TPSA) is 55.8 Å². The van der Waals surface area contributed by atoms with Gasteiger partial charge in [-0.2, -0.15) is 0 Å². The molecule has 0 aromatic carbocycles. The second-order valence-electron chi connectivity index (χ2n) is 14.0. The minimum atomic E-state index is -0.177. The van der Waals surface area contributed by atoms with Crippen LogP contribution in [0.1, 0.15) is 187 Å². The average molecular weight is 686 g/mol. The van der Waals surface area contributed by atoms with E-state index in [1.165, 1.54) is 96.3 Å². The molecule has 0 fully saturated rings. The predicted octanol–water partition coefficient (Wildman–Crippen LogP) is 12.8. The largest absolute Gasteiger partial charge is 0.466 e. The van der Waals surface area contributed by atoms with E-state index < -0.39 is 0 Å². The third-order valence-electron chi connectivity index (χ3n) is 8.82. The maximum Gasteiger partial charge on any atom is 0.307 e. The highest BCUT2D eigenvalue weighted by Crippen LogP contribution is 2.15. The molecule has 0 aliphatic carbocycles. The number of hydrogen-bond donors (Lipinski definition) is 0. The zero-order chi connectivity index (χ0) is 35.9. The van der Waals surface area contributed by atoms with Crippen LogP contribution in [0.2, 0.25) is 0 Å². The van der Waals surface area contributed by atoms with Crippen molar-refractivity contribution >= 4 is 11.9 Å². The highest BCUT2D eigenvalue weighted by atomic mass is 16.6. The van der Waals surface area contributed by atoms with E-state index in [4.69, 9.17) is 9.47 Å². The summed E-state index contributed by atoms with van der Waals surface area (Å²) in [6.07, 6.45) is 47.9. The highest BCUT2D eigenvalue weighted by molar-refractivity contribution is 5.70. The van der Waals surface area contributed by atoms with Crippen molar-refractivity contribution < 1.29 is 19.1 Å². The lowest BCUT2D eigenvalue weighted by molar-refractivity contribution is -0.152. The molecular weight excluding hydrogens is 606 g/mol. The standard InChI is InChI=1S/C44H79NO4/c1-5-7-9-11-13-15-17-19-21-23-24-26-28-30-32-34-36-42(49-44(47)38-40-45(3)4)39-41-48-43(46)37-35-33-31-29-27-25-22-20-18-16-14-12-10-8-6-2/h13-16,19-22,42H,5-12,17-18,23-41H2,1-4H3/b15-13-,16-14?,21-19-,22-20?. The molecule has 0 saturated carbocycles. The fourth-order valence-electron chi connectivity index (χ4n) is 5.64. The zero-order valence-electron chi connectivity index (χ0n) is 32.8. The predicted molar refractivity (Wildman–Crippen MR) is 212 cm³/mol. The summed E-state index contributed by atoms with van der Waals surface area (Å²) >= 11 is 0. The van der Waals surface area contributed by atoms with E-state index in [2.05, 4.69) is 62.5 Å². The zero-order valence-corrected chi connectivity index (χ0v) is 32.8. The first kappa shape index (κ1) is 46.9. The van der Waals surface area contributed by atoms with Gasteiger partial charge in [-0.05, 0) is 97.6 Å². The van der Waals surface area contributed by atoms with Gasteiger partial charge in [0.25, 0.3) is 0 Å². The summed E-state index contributed by atoms with van der Waals surface area (Å²) in [6.45, 7) is 5.50. The molecule has 1 unspecified atom stereocenters. The van der Waals surface area contributed by atoms with E-state index >= 15 is 0 Å².